The Bertz CT molecular complexity index is 408. The van der Waals surface area contributed by atoms with Crippen LogP contribution in [0, 0.1) is 10.8 Å². The van der Waals surface area contributed by atoms with E-state index in [1.165, 1.54) is 0 Å². The molecule has 114 valence electrons. The van der Waals surface area contributed by atoms with Crippen LogP contribution in [0.15, 0.2) is 0 Å². The van der Waals surface area contributed by atoms with Crippen LogP contribution >= 0.6 is 0 Å². The molecule has 2 N–H and O–H groups in total. The number of carbonyl (C=O) groups is 1. The second-order valence-corrected chi connectivity index (χ2v) is 9.14. The number of ether oxygens (including phenoxy) is 1. The number of hydrogen-bond donors (Lipinski definition) is 2. The maximum atomic E-state index is 12.3. The molecule has 0 aromatic carbocycles. The summed E-state index contributed by atoms with van der Waals surface area (Å²) in [5.74, 6) is -0.241. The molecule has 0 amide bonds. The van der Waals surface area contributed by atoms with Crippen molar-refractivity contribution in [3.05, 3.63) is 0 Å². The summed E-state index contributed by atoms with van der Waals surface area (Å²) in [6, 6.07) is 0. The third kappa shape index (κ3) is 2.17. The van der Waals surface area contributed by atoms with Crippen molar-refractivity contribution in [2.45, 2.75) is 83.0 Å². The molecule has 0 saturated heterocycles. The second kappa shape index (κ2) is 3.58. The molecule has 4 saturated carbocycles. The van der Waals surface area contributed by atoms with Crippen molar-refractivity contribution in [3.8, 4) is 0 Å². The van der Waals surface area contributed by atoms with Gasteiger partial charge in [0.2, 0.25) is 0 Å². The summed E-state index contributed by atoms with van der Waals surface area (Å²) >= 11 is 0. The molecule has 0 aliphatic heterocycles. The molecular weight excluding hydrogens is 256 g/mol. The first-order chi connectivity index (χ1) is 8.87. The topological polar surface area (TPSA) is 66.8 Å². The fourth-order valence-electron chi connectivity index (χ4n) is 5.39. The highest BCUT2D eigenvalue weighted by Gasteiger charge is 2.68. The van der Waals surface area contributed by atoms with E-state index >= 15 is 0 Å². The molecule has 4 heteroatoms. The van der Waals surface area contributed by atoms with Crippen molar-refractivity contribution in [1.29, 1.82) is 0 Å². The lowest BCUT2D eigenvalue weighted by Crippen LogP contribution is -2.70. The largest absolute Gasteiger partial charge is 0.458 e. The van der Waals surface area contributed by atoms with Gasteiger partial charge < -0.3 is 14.9 Å². The van der Waals surface area contributed by atoms with E-state index in [-0.39, 0.29) is 11.4 Å². The van der Waals surface area contributed by atoms with E-state index in [0.717, 1.165) is 6.42 Å². The lowest BCUT2D eigenvalue weighted by molar-refractivity contribution is -0.283. The summed E-state index contributed by atoms with van der Waals surface area (Å²) in [4.78, 5) is 12.3. The first-order valence-corrected chi connectivity index (χ1v) is 7.55. The average molecular weight is 282 g/mol. The Morgan fingerprint density at radius 3 is 1.85 bits per heavy atom. The summed E-state index contributed by atoms with van der Waals surface area (Å²) in [5, 5.41) is 21.5. The Morgan fingerprint density at radius 1 is 0.950 bits per heavy atom. The van der Waals surface area contributed by atoms with Crippen molar-refractivity contribution in [1.82, 2.24) is 0 Å². The quantitative estimate of drug-likeness (QED) is 0.723. The predicted octanol–water partition coefficient (Wildman–Crippen LogP) is 2.16. The van der Waals surface area contributed by atoms with E-state index in [1.54, 1.807) is 0 Å². The van der Waals surface area contributed by atoms with Gasteiger partial charge in [-0.25, -0.2) is 0 Å². The number of rotatable bonds is 1. The van der Waals surface area contributed by atoms with Crippen LogP contribution in [0.5, 0.6) is 0 Å². The smallest absolute Gasteiger partial charge is 0.311 e. The van der Waals surface area contributed by atoms with Crippen LogP contribution < -0.4 is 0 Å². The molecule has 4 nitrogen and oxygen atoms in total. The highest BCUT2D eigenvalue weighted by Crippen LogP contribution is 2.65. The summed E-state index contributed by atoms with van der Waals surface area (Å²) in [6.45, 7) is 7.60. The molecule has 2 unspecified atom stereocenters. The van der Waals surface area contributed by atoms with Gasteiger partial charge in [0.15, 0.2) is 0 Å². The van der Waals surface area contributed by atoms with Crippen molar-refractivity contribution in [2.24, 2.45) is 10.8 Å². The fraction of sp³-hybridized carbons (Fsp3) is 0.938. The van der Waals surface area contributed by atoms with Crippen LogP contribution in [0.1, 0.15) is 66.2 Å². The Hall–Kier alpha value is -0.610. The SMILES string of the molecule is CC12CC3(O)CC(O)(C1)CC(OC(=O)C(C)(C)C)(C2)C3. The lowest BCUT2D eigenvalue weighted by Gasteiger charge is -2.66. The molecule has 0 radical (unpaired) electrons. The van der Waals surface area contributed by atoms with Gasteiger partial charge in [0.25, 0.3) is 0 Å². The molecule has 4 rings (SSSR count). The van der Waals surface area contributed by atoms with E-state index < -0.39 is 22.2 Å². The number of carbonyl (C=O) groups excluding carboxylic acids is 1. The Labute approximate surface area is 120 Å². The molecule has 0 aromatic rings. The number of hydrogen-bond acceptors (Lipinski definition) is 4. The van der Waals surface area contributed by atoms with Gasteiger partial charge in [0, 0.05) is 19.3 Å². The summed E-state index contributed by atoms with van der Waals surface area (Å²) in [5.41, 5.74) is -3.13. The van der Waals surface area contributed by atoms with Gasteiger partial charge >= 0.3 is 5.97 Å². The number of esters is 1. The zero-order chi connectivity index (χ0) is 15.0. The van der Waals surface area contributed by atoms with Gasteiger partial charge in [0.1, 0.15) is 5.60 Å². The van der Waals surface area contributed by atoms with E-state index in [2.05, 4.69) is 6.92 Å². The Morgan fingerprint density at radius 2 is 1.45 bits per heavy atom. The minimum Gasteiger partial charge on any atom is -0.458 e. The molecule has 20 heavy (non-hydrogen) atoms. The summed E-state index contributed by atoms with van der Waals surface area (Å²) in [7, 11) is 0. The van der Waals surface area contributed by atoms with Gasteiger partial charge in [-0.2, -0.15) is 0 Å². The third-order valence-electron chi connectivity index (χ3n) is 5.14. The van der Waals surface area contributed by atoms with Crippen molar-refractivity contribution >= 4 is 5.97 Å². The Kier molecular flexibility index (Phi) is 2.57. The van der Waals surface area contributed by atoms with Crippen LogP contribution in [0.2, 0.25) is 0 Å². The van der Waals surface area contributed by atoms with E-state index in [0.29, 0.717) is 32.1 Å². The molecule has 0 spiro atoms. The molecule has 4 bridgehead atoms. The first kappa shape index (κ1) is 14.3. The molecule has 4 aliphatic carbocycles. The molecular formula is C16H26O4. The van der Waals surface area contributed by atoms with E-state index in [1.807, 2.05) is 20.8 Å². The van der Waals surface area contributed by atoms with Crippen molar-refractivity contribution in [3.63, 3.8) is 0 Å². The van der Waals surface area contributed by atoms with Gasteiger partial charge in [-0.15, -0.1) is 0 Å². The maximum absolute atomic E-state index is 12.3. The zero-order valence-electron chi connectivity index (χ0n) is 13.0. The Balaban J connectivity index is 1.93. The van der Waals surface area contributed by atoms with Gasteiger partial charge in [-0.1, -0.05) is 6.92 Å². The standard InChI is InChI=1S/C16H26O4/c1-12(2,3)11(17)20-16-7-13(4)5-14(18,9-16)8-15(19,6-13)10-16/h18-19H,5-10H2,1-4H3. The molecule has 4 fully saturated rings. The maximum Gasteiger partial charge on any atom is 0.311 e. The van der Waals surface area contributed by atoms with Crippen LogP contribution in [0.25, 0.3) is 0 Å². The van der Waals surface area contributed by atoms with E-state index in [9.17, 15) is 15.0 Å². The van der Waals surface area contributed by atoms with Gasteiger partial charge in [-0.05, 0) is 45.4 Å². The zero-order valence-corrected chi connectivity index (χ0v) is 13.0. The van der Waals surface area contributed by atoms with Crippen molar-refractivity contribution in [2.75, 3.05) is 0 Å². The normalized spacial score (nSPS) is 50.3. The van der Waals surface area contributed by atoms with Crippen LogP contribution in [0.3, 0.4) is 0 Å². The highest BCUT2D eigenvalue weighted by molar-refractivity contribution is 5.76. The lowest BCUT2D eigenvalue weighted by atomic mass is 9.45. The summed E-state index contributed by atoms with van der Waals surface area (Å²) < 4.78 is 5.85. The van der Waals surface area contributed by atoms with Gasteiger partial charge in [0.05, 0.1) is 16.6 Å². The minimum absolute atomic E-state index is 0.129. The molecule has 2 atom stereocenters. The second-order valence-electron chi connectivity index (χ2n) is 9.14. The highest BCUT2D eigenvalue weighted by atomic mass is 16.6. The van der Waals surface area contributed by atoms with Crippen molar-refractivity contribution < 1.29 is 19.7 Å². The average Bonchev–Trinajstić information content (AvgIpc) is 2.05. The molecule has 4 aliphatic rings. The molecule has 0 aromatic heterocycles. The monoisotopic (exact) mass is 282 g/mol. The first-order valence-electron chi connectivity index (χ1n) is 7.55. The van der Waals surface area contributed by atoms with Crippen LogP contribution in [0.4, 0.5) is 0 Å². The summed E-state index contributed by atoms with van der Waals surface area (Å²) in [6.07, 6.45) is 3.53. The molecule has 0 heterocycles. The predicted molar refractivity (Wildman–Crippen MR) is 74.0 cm³/mol. The van der Waals surface area contributed by atoms with E-state index in [4.69, 9.17) is 4.74 Å². The van der Waals surface area contributed by atoms with Crippen LogP contribution in [-0.2, 0) is 9.53 Å². The van der Waals surface area contributed by atoms with Crippen LogP contribution in [-0.4, -0.2) is 33.0 Å². The minimum atomic E-state index is -0.879. The number of aliphatic hydroxyl groups is 2. The third-order valence-corrected chi connectivity index (χ3v) is 5.14. The van der Waals surface area contributed by atoms with Gasteiger partial charge in [-0.3, -0.25) is 4.79 Å². The fourth-order valence-corrected chi connectivity index (χ4v) is 5.39.